The van der Waals surface area contributed by atoms with Crippen LogP contribution in [0.1, 0.15) is 6.42 Å². The molecule has 0 fully saturated rings. The lowest BCUT2D eigenvalue weighted by atomic mass is 10.2. The van der Waals surface area contributed by atoms with Gasteiger partial charge in [0.05, 0.1) is 0 Å². The Balaban J connectivity index is 2.95. The lowest BCUT2D eigenvalue weighted by Gasteiger charge is -1.98. The number of alkyl halides is 2. The predicted octanol–water partition coefficient (Wildman–Crippen LogP) is 1.72. The molecule has 0 bridgehead atoms. The summed E-state index contributed by atoms with van der Waals surface area (Å²) >= 11 is 0. The summed E-state index contributed by atoms with van der Waals surface area (Å²) in [4.78, 5) is 0. The van der Waals surface area contributed by atoms with Crippen molar-refractivity contribution >= 4 is 0 Å². The third-order valence-electron chi connectivity index (χ3n) is 0.512. The Kier molecular flexibility index (Phi) is 2.88. The fourth-order valence-electron chi connectivity index (χ4n) is 0.278. The monoisotopic (exact) mass is 106 g/mol. The van der Waals surface area contributed by atoms with Crippen LogP contribution in [0.4, 0.5) is 8.78 Å². The molecular formula is C5H8F2. The van der Waals surface area contributed by atoms with Crippen molar-refractivity contribution in [2.45, 2.75) is 18.8 Å². The van der Waals surface area contributed by atoms with E-state index in [1.54, 1.807) is 0 Å². The molecule has 0 saturated heterocycles. The molecule has 0 rings (SSSR count). The molecule has 0 aromatic carbocycles. The van der Waals surface area contributed by atoms with E-state index in [2.05, 4.69) is 13.8 Å². The van der Waals surface area contributed by atoms with Gasteiger partial charge in [-0.15, -0.1) is 0 Å². The normalized spacial score (nSPS) is 18.9. The first-order valence-electron chi connectivity index (χ1n) is 2.07. The maximum atomic E-state index is 11.6. The minimum Gasteiger partial charge on any atom is -0.247 e. The molecule has 2 unspecified atom stereocenters. The summed E-state index contributed by atoms with van der Waals surface area (Å²) in [7, 11) is 0. The predicted molar refractivity (Wildman–Crippen MR) is 25.1 cm³/mol. The van der Waals surface area contributed by atoms with E-state index in [0.29, 0.717) is 0 Å². The van der Waals surface area contributed by atoms with Crippen LogP contribution in [0.15, 0.2) is 0 Å². The average molecular weight is 106 g/mol. The summed E-state index contributed by atoms with van der Waals surface area (Å²) in [5.74, 6) is 0. The zero-order valence-electron chi connectivity index (χ0n) is 4.03. The third kappa shape index (κ3) is 5.86. The topological polar surface area (TPSA) is 0 Å². The minimum absolute atomic E-state index is 0.194. The molecule has 0 aliphatic heterocycles. The van der Waals surface area contributed by atoms with Crippen molar-refractivity contribution in [3.05, 3.63) is 13.8 Å². The van der Waals surface area contributed by atoms with E-state index in [-0.39, 0.29) is 6.42 Å². The Hall–Kier alpha value is -0.140. The third-order valence-corrected chi connectivity index (χ3v) is 0.512. The van der Waals surface area contributed by atoms with Gasteiger partial charge in [-0.3, -0.25) is 0 Å². The zero-order chi connectivity index (χ0) is 5.86. The smallest absolute Gasteiger partial charge is 0.103 e. The van der Waals surface area contributed by atoms with E-state index in [1.165, 1.54) is 0 Å². The Morgan fingerprint density at radius 3 is 1.43 bits per heavy atom. The second-order valence-corrected chi connectivity index (χ2v) is 1.43. The summed E-state index contributed by atoms with van der Waals surface area (Å²) in [6, 6.07) is 0. The van der Waals surface area contributed by atoms with Crippen LogP contribution in [0.5, 0.6) is 0 Å². The molecular weight excluding hydrogens is 98.1 g/mol. The summed E-state index contributed by atoms with van der Waals surface area (Å²) in [6.45, 7) is 5.86. The molecule has 0 aliphatic rings. The van der Waals surface area contributed by atoms with Gasteiger partial charge in [-0.25, -0.2) is 8.78 Å². The Morgan fingerprint density at radius 1 is 1.14 bits per heavy atom. The Labute approximate surface area is 42.5 Å². The first-order chi connectivity index (χ1) is 3.13. The summed E-state index contributed by atoms with van der Waals surface area (Å²) in [6.07, 6.45) is -2.82. The lowest BCUT2D eigenvalue weighted by molar-refractivity contribution is 0.283. The molecule has 0 nitrogen and oxygen atoms in total. The molecule has 0 heterocycles. The van der Waals surface area contributed by atoms with Gasteiger partial charge in [-0.05, 0) is 13.8 Å². The standard InChI is InChI=1S/C5H8F2/c1-4(6)3-5(2)7/h4-5H,1-3H2. The van der Waals surface area contributed by atoms with E-state index >= 15 is 0 Å². The van der Waals surface area contributed by atoms with Gasteiger partial charge in [0.15, 0.2) is 0 Å². The van der Waals surface area contributed by atoms with Crippen LogP contribution >= 0.6 is 0 Å². The molecule has 0 N–H and O–H groups in total. The van der Waals surface area contributed by atoms with Crippen molar-refractivity contribution in [2.24, 2.45) is 0 Å². The molecule has 0 aliphatic carbocycles. The van der Waals surface area contributed by atoms with Crippen molar-refractivity contribution in [2.75, 3.05) is 0 Å². The number of halogens is 2. The Bertz CT molecular complexity index is 35.3. The van der Waals surface area contributed by atoms with Crippen LogP contribution in [0.3, 0.4) is 0 Å². The quantitative estimate of drug-likeness (QED) is 0.502. The van der Waals surface area contributed by atoms with Crippen LogP contribution in [0, 0.1) is 13.8 Å². The molecule has 42 valence electrons. The molecule has 2 radical (unpaired) electrons. The van der Waals surface area contributed by atoms with Crippen LogP contribution in [-0.2, 0) is 0 Å². The van der Waals surface area contributed by atoms with E-state index < -0.39 is 12.3 Å². The SMILES string of the molecule is [CH2]C(F)CC([CH2])F. The van der Waals surface area contributed by atoms with Gasteiger partial charge in [-0.1, -0.05) is 0 Å². The first-order valence-corrected chi connectivity index (χ1v) is 2.07. The van der Waals surface area contributed by atoms with Crippen LogP contribution in [0.25, 0.3) is 0 Å². The summed E-state index contributed by atoms with van der Waals surface area (Å²) < 4.78 is 23.1. The number of hydrogen-bond acceptors (Lipinski definition) is 0. The van der Waals surface area contributed by atoms with Gasteiger partial charge >= 0.3 is 0 Å². The highest BCUT2D eigenvalue weighted by atomic mass is 19.1. The van der Waals surface area contributed by atoms with E-state index in [0.717, 1.165) is 0 Å². The second-order valence-electron chi connectivity index (χ2n) is 1.43. The van der Waals surface area contributed by atoms with Crippen LogP contribution in [-0.4, -0.2) is 12.3 Å². The molecule has 2 heteroatoms. The largest absolute Gasteiger partial charge is 0.247 e. The highest BCUT2D eigenvalue weighted by Gasteiger charge is 2.03. The molecule has 0 aromatic heterocycles. The first kappa shape index (κ1) is 6.86. The van der Waals surface area contributed by atoms with Gasteiger partial charge in [0.25, 0.3) is 0 Å². The molecule has 7 heavy (non-hydrogen) atoms. The van der Waals surface area contributed by atoms with Gasteiger partial charge in [0, 0.05) is 6.42 Å². The molecule has 2 atom stereocenters. The van der Waals surface area contributed by atoms with Crippen LogP contribution < -0.4 is 0 Å². The summed E-state index contributed by atoms with van der Waals surface area (Å²) in [5, 5.41) is 0. The molecule has 0 aromatic rings. The van der Waals surface area contributed by atoms with E-state index in [9.17, 15) is 8.78 Å². The van der Waals surface area contributed by atoms with Crippen molar-refractivity contribution in [1.82, 2.24) is 0 Å². The maximum absolute atomic E-state index is 11.6. The fourth-order valence-corrected chi connectivity index (χ4v) is 0.278. The molecule has 0 amide bonds. The van der Waals surface area contributed by atoms with Gasteiger partial charge in [0.2, 0.25) is 0 Å². The number of hydrogen-bond donors (Lipinski definition) is 0. The maximum Gasteiger partial charge on any atom is 0.103 e. The van der Waals surface area contributed by atoms with E-state index in [4.69, 9.17) is 0 Å². The molecule has 0 saturated carbocycles. The van der Waals surface area contributed by atoms with Gasteiger partial charge in [0.1, 0.15) is 12.3 Å². The highest BCUT2D eigenvalue weighted by molar-refractivity contribution is 4.66. The van der Waals surface area contributed by atoms with Crippen molar-refractivity contribution in [3.8, 4) is 0 Å². The van der Waals surface area contributed by atoms with Crippen LogP contribution in [0.2, 0.25) is 0 Å². The van der Waals surface area contributed by atoms with Gasteiger partial charge in [-0.2, -0.15) is 0 Å². The number of rotatable bonds is 2. The second kappa shape index (κ2) is 2.94. The minimum atomic E-state index is -1.31. The van der Waals surface area contributed by atoms with Crippen molar-refractivity contribution in [1.29, 1.82) is 0 Å². The van der Waals surface area contributed by atoms with E-state index in [1.807, 2.05) is 0 Å². The summed E-state index contributed by atoms with van der Waals surface area (Å²) in [5.41, 5.74) is 0. The molecule has 0 spiro atoms. The Morgan fingerprint density at radius 2 is 1.43 bits per heavy atom. The highest BCUT2D eigenvalue weighted by Crippen LogP contribution is 2.02. The lowest BCUT2D eigenvalue weighted by Crippen LogP contribution is -2.02. The van der Waals surface area contributed by atoms with Gasteiger partial charge < -0.3 is 0 Å². The van der Waals surface area contributed by atoms with Crippen molar-refractivity contribution in [3.63, 3.8) is 0 Å². The van der Waals surface area contributed by atoms with Crippen molar-refractivity contribution < 1.29 is 8.78 Å². The zero-order valence-corrected chi connectivity index (χ0v) is 4.03. The average Bonchev–Trinajstić information content (AvgIpc) is 1.27. The fraction of sp³-hybridized carbons (Fsp3) is 0.600.